The van der Waals surface area contributed by atoms with Crippen LogP contribution in [0.25, 0.3) is 20.8 Å². The Morgan fingerprint density at radius 2 is 1.94 bits per heavy atom. The van der Waals surface area contributed by atoms with Crippen molar-refractivity contribution in [2.24, 2.45) is 0 Å². The highest BCUT2D eigenvalue weighted by Gasteiger charge is 2.12. The lowest BCUT2D eigenvalue weighted by molar-refractivity contribution is 0.631. The molecule has 0 bridgehead atoms. The molecular formula is C15H11FNS. The van der Waals surface area contributed by atoms with Gasteiger partial charge < -0.3 is 0 Å². The molecule has 18 heavy (non-hydrogen) atoms. The first-order valence-electron chi connectivity index (χ1n) is 5.64. The van der Waals surface area contributed by atoms with Crippen LogP contribution in [0.5, 0.6) is 0 Å². The molecular weight excluding hydrogens is 245 g/mol. The number of rotatable bonds is 1. The predicted octanol–water partition coefficient (Wildman–Crippen LogP) is 4.59. The van der Waals surface area contributed by atoms with Gasteiger partial charge in [-0.05, 0) is 43.2 Å². The third-order valence-electron chi connectivity index (χ3n) is 3.00. The van der Waals surface area contributed by atoms with Crippen LogP contribution in [0, 0.1) is 19.7 Å². The molecule has 89 valence electrons. The average molecular weight is 256 g/mol. The molecule has 0 N–H and O–H groups in total. The first-order chi connectivity index (χ1) is 8.66. The molecule has 0 unspecified atom stereocenters. The lowest BCUT2D eigenvalue weighted by Crippen LogP contribution is -1.84. The number of thiazole rings is 1. The minimum atomic E-state index is -0.237. The van der Waals surface area contributed by atoms with Gasteiger partial charge in [-0.1, -0.05) is 18.2 Å². The van der Waals surface area contributed by atoms with Crippen molar-refractivity contribution in [1.82, 2.24) is 4.98 Å². The first kappa shape index (κ1) is 11.4. The fourth-order valence-corrected chi connectivity index (χ4v) is 2.92. The Balaban J connectivity index is 2.26. The van der Waals surface area contributed by atoms with Crippen LogP contribution in [-0.4, -0.2) is 4.98 Å². The van der Waals surface area contributed by atoms with Crippen LogP contribution in [0.15, 0.2) is 36.4 Å². The van der Waals surface area contributed by atoms with Crippen LogP contribution in [0.1, 0.15) is 11.1 Å². The molecule has 0 atom stereocenters. The van der Waals surface area contributed by atoms with E-state index in [0.717, 1.165) is 21.3 Å². The molecule has 0 aliphatic heterocycles. The van der Waals surface area contributed by atoms with Crippen LogP contribution in [-0.2, 0) is 0 Å². The molecule has 0 saturated carbocycles. The third-order valence-corrected chi connectivity index (χ3v) is 4.06. The van der Waals surface area contributed by atoms with Crippen LogP contribution in [0.2, 0.25) is 0 Å². The Morgan fingerprint density at radius 3 is 2.72 bits per heavy atom. The lowest BCUT2D eigenvalue weighted by Gasteiger charge is -1.98. The maximum Gasteiger partial charge on any atom is 0.133 e. The second-order valence-electron chi connectivity index (χ2n) is 4.21. The van der Waals surface area contributed by atoms with E-state index in [9.17, 15) is 4.39 Å². The minimum absolute atomic E-state index is 0.237. The third kappa shape index (κ3) is 1.71. The molecule has 3 rings (SSSR count). The van der Waals surface area contributed by atoms with Gasteiger partial charge in [-0.15, -0.1) is 11.3 Å². The van der Waals surface area contributed by atoms with E-state index < -0.39 is 0 Å². The number of nitrogens with zero attached hydrogens (tertiary/aromatic N) is 1. The van der Waals surface area contributed by atoms with Crippen molar-refractivity contribution in [3.63, 3.8) is 0 Å². The van der Waals surface area contributed by atoms with E-state index in [1.54, 1.807) is 12.1 Å². The summed E-state index contributed by atoms with van der Waals surface area (Å²) in [7, 11) is 0. The standard InChI is InChI=1S/C15H11FNS/c1-9-7-8-13-14(10(9)2)17-15(18-13)11-5-3-4-6-12(11)16/h3-8H,2H2,1H3. The smallest absolute Gasteiger partial charge is 0.133 e. The van der Waals surface area contributed by atoms with Gasteiger partial charge in [-0.25, -0.2) is 9.37 Å². The van der Waals surface area contributed by atoms with Crippen molar-refractivity contribution >= 4 is 21.6 Å². The maximum absolute atomic E-state index is 13.7. The minimum Gasteiger partial charge on any atom is -0.236 e. The van der Waals surface area contributed by atoms with E-state index in [-0.39, 0.29) is 5.82 Å². The molecule has 1 radical (unpaired) electrons. The van der Waals surface area contributed by atoms with Gasteiger partial charge in [0.1, 0.15) is 10.8 Å². The highest BCUT2D eigenvalue weighted by molar-refractivity contribution is 7.21. The highest BCUT2D eigenvalue weighted by Crippen LogP contribution is 2.33. The Labute approximate surface area is 109 Å². The van der Waals surface area contributed by atoms with Crippen LogP contribution in [0.4, 0.5) is 4.39 Å². The number of hydrogen-bond donors (Lipinski definition) is 0. The van der Waals surface area contributed by atoms with Crippen LogP contribution >= 0.6 is 11.3 Å². The Morgan fingerprint density at radius 1 is 1.17 bits per heavy atom. The summed E-state index contributed by atoms with van der Waals surface area (Å²) < 4.78 is 14.8. The highest BCUT2D eigenvalue weighted by atomic mass is 32.1. The zero-order valence-corrected chi connectivity index (χ0v) is 10.7. The second kappa shape index (κ2) is 4.18. The van der Waals surface area contributed by atoms with Crippen molar-refractivity contribution < 1.29 is 4.39 Å². The van der Waals surface area contributed by atoms with E-state index >= 15 is 0 Å². The quantitative estimate of drug-likeness (QED) is 0.620. The van der Waals surface area contributed by atoms with Gasteiger partial charge in [0.2, 0.25) is 0 Å². The van der Waals surface area contributed by atoms with E-state index in [4.69, 9.17) is 0 Å². The summed E-state index contributed by atoms with van der Waals surface area (Å²) in [6.07, 6.45) is 0. The summed E-state index contributed by atoms with van der Waals surface area (Å²) in [4.78, 5) is 4.52. The van der Waals surface area contributed by atoms with Gasteiger partial charge in [0.05, 0.1) is 10.2 Å². The summed E-state index contributed by atoms with van der Waals surface area (Å²) in [6, 6.07) is 10.7. The monoisotopic (exact) mass is 256 g/mol. The molecule has 1 nitrogen and oxygen atoms in total. The number of hydrogen-bond acceptors (Lipinski definition) is 2. The van der Waals surface area contributed by atoms with E-state index in [1.165, 1.54) is 17.4 Å². The van der Waals surface area contributed by atoms with E-state index in [1.807, 2.05) is 25.1 Å². The van der Waals surface area contributed by atoms with Crippen molar-refractivity contribution in [3.8, 4) is 10.6 Å². The molecule has 2 aromatic carbocycles. The van der Waals surface area contributed by atoms with Gasteiger partial charge in [0, 0.05) is 5.56 Å². The number of halogens is 1. The summed E-state index contributed by atoms with van der Waals surface area (Å²) >= 11 is 1.50. The Hall–Kier alpha value is -1.74. The number of benzene rings is 2. The molecule has 0 aliphatic carbocycles. The molecule has 3 heteroatoms. The Kier molecular flexibility index (Phi) is 2.63. The summed E-state index contributed by atoms with van der Waals surface area (Å²) in [6.45, 7) is 6.03. The van der Waals surface area contributed by atoms with Crippen LogP contribution in [0.3, 0.4) is 0 Å². The predicted molar refractivity (Wildman–Crippen MR) is 74.2 cm³/mol. The van der Waals surface area contributed by atoms with Crippen LogP contribution < -0.4 is 0 Å². The lowest BCUT2D eigenvalue weighted by atomic mass is 10.1. The maximum atomic E-state index is 13.7. The topological polar surface area (TPSA) is 12.9 Å². The number of fused-ring (bicyclic) bond motifs is 1. The van der Waals surface area contributed by atoms with Crippen molar-refractivity contribution in [2.75, 3.05) is 0 Å². The Bertz CT molecular complexity index is 730. The van der Waals surface area contributed by atoms with Gasteiger partial charge in [0.15, 0.2) is 0 Å². The zero-order valence-electron chi connectivity index (χ0n) is 9.90. The summed E-state index contributed by atoms with van der Waals surface area (Å²) in [5, 5.41) is 0.707. The zero-order chi connectivity index (χ0) is 12.7. The van der Waals surface area contributed by atoms with Gasteiger partial charge in [-0.3, -0.25) is 0 Å². The first-order valence-corrected chi connectivity index (χ1v) is 6.45. The molecule has 0 aliphatic rings. The van der Waals surface area contributed by atoms with Crippen molar-refractivity contribution in [2.45, 2.75) is 6.92 Å². The van der Waals surface area contributed by atoms with E-state index in [0.29, 0.717) is 10.6 Å². The number of aryl methyl sites for hydroxylation is 1. The van der Waals surface area contributed by atoms with Crippen molar-refractivity contribution in [1.29, 1.82) is 0 Å². The van der Waals surface area contributed by atoms with Crippen molar-refractivity contribution in [3.05, 3.63) is 60.3 Å². The molecule has 0 amide bonds. The molecule has 0 spiro atoms. The summed E-state index contributed by atoms with van der Waals surface area (Å²) in [5.41, 5.74) is 3.45. The number of aromatic nitrogens is 1. The molecule has 1 heterocycles. The molecule has 0 fully saturated rings. The fourth-order valence-electron chi connectivity index (χ4n) is 1.90. The van der Waals surface area contributed by atoms with Gasteiger partial charge >= 0.3 is 0 Å². The normalized spacial score (nSPS) is 11.1. The molecule has 0 saturated heterocycles. The average Bonchev–Trinajstić information content (AvgIpc) is 2.79. The van der Waals surface area contributed by atoms with E-state index in [2.05, 4.69) is 11.9 Å². The largest absolute Gasteiger partial charge is 0.236 e. The SMILES string of the molecule is [CH2]c1c(C)ccc2sc(-c3ccccc3F)nc12. The molecule has 3 aromatic rings. The molecule has 1 aromatic heterocycles. The second-order valence-corrected chi connectivity index (χ2v) is 5.24. The summed E-state index contributed by atoms with van der Waals surface area (Å²) in [5.74, 6) is -0.237. The van der Waals surface area contributed by atoms with Gasteiger partial charge in [-0.2, -0.15) is 0 Å². The van der Waals surface area contributed by atoms with Gasteiger partial charge in [0.25, 0.3) is 0 Å². The fraction of sp³-hybridized carbons (Fsp3) is 0.0667.